The van der Waals surface area contributed by atoms with Gasteiger partial charge >= 0.3 is 0 Å². The second kappa shape index (κ2) is 4.28. The fraction of sp³-hybridized carbons (Fsp3) is 0.900. The molecule has 0 bridgehead atoms. The molecule has 1 amide bonds. The summed E-state index contributed by atoms with van der Waals surface area (Å²) in [6.07, 6.45) is 3.80. The first-order valence-electron chi connectivity index (χ1n) is 5.38. The molecule has 4 nitrogen and oxygen atoms in total. The second-order valence-electron chi connectivity index (χ2n) is 4.33. The van der Waals surface area contributed by atoms with E-state index in [0.29, 0.717) is 18.9 Å². The van der Waals surface area contributed by atoms with Gasteiger partial charge in [0.1, 0.15) is 0 Å². The number of nitrogens with two attached hydrogens (primary N) is 1. The third kappa shape index (κ3) is 2.69. The molecule has 2 atom stereocenters. The average molecular weight is 198 g/mol. The van der Waals surface area contributed by atoms with Gasteiger partial charge in [0.05, 0.1) is 12.6 Å². The molecule has 1 aliphatic heterocycles. The van der Waals surface area contributed by atoms with Gasteiger partial charge in [-0.05, 0) is 25.2 Å². The van der Waals surface area contributed by atoms with Crippen LogP contribution in [0.5, 0.6) is 0 Å². The van der Waals surface area contributed by atoms with Gasteiger partial charge in [0, 0.05) is 19.1 Å². The van der Waals surface area contributed by atoms with E-state index in [-0.39, 0.29) is 18.0 Å². The van der Waals surface area contributed by atoms with E-state index in [1.807, 2.05) is 0 Å². The molecule has 2 unspecified atom stereocenters. The van der Waals surface area contributed by atoms with Crippen LogP contribution in [0.2, 0.25) is 0 Å². The Balaban J connectivity index is 1.66. The molecule has 4 heteroatoms. The number of carbonyl (C=O) groups is 1. The van der Waals surface area contributed by atoms with Crippen molar-refractivity contribution < 1.29 is 9.53 Å². The monoisotopic (exact) mass is 198 g/mol. The average Bonchev–Trinajstić information content (AvgIpc) is 2.87. The summed E-state index contributed by atoms with van der Waals surface area (Å²) in [5, 5.41) is 2.95. The molecular formula is C10H18N2O2. The predicted molar refractivity (Wildman–Crippen MR) is 52.7 cm³/mol. The highest BCUT2D eigenvalue weighted by atomic mass is 16.5. The Hall–Kier alpha value is -0.610. The van der Waals surface area contributed by atoms with Gasteiger partial charge in [0.25, 0.3) is 0 Å². The highest BCUT2D eigenvalue weighted by Crippen LogP contribution is 2.32. The zero-order chi connectivity index (χ0) is 9.97. The number of rotatable bonds is 4. The number of ether oxygens (including phenoxy) is 1. The SMILES string of the molecule is NC(CC(=O)NC1CCOC1)C1CC1. The van der Waals surface area contributed by atoms with Crippen LogP contribution in [0.3, 0.4) is 0 Å². The van der Waals surface area contributed by atoms with E-state index >= 15 is 0 Å². The maximum absolute atomic E-state index is 11.5. The van der Waals surface area contributed by atoms with E-state index in [4.69, 9.17) is 10.5 Å². The lowest BCUT2D eigenvalue weighted by Gasteiger charge is -2.13. The largest absolute Gasteiger partial charge is 0.379 e. The van der Waals surface area contributed by atoms with Crippen LogP contribution in [-0.4, -0.2) is 31.2 Å². The molecule has 0 aromatic carbocycles. The molecule has 3 N–H and O–H groups in total. The minimum absolute atomic E-state index is 0.0670. The molecule has 2 aliphatic rings. The van der Waals surface area contributed by atoms with Crippen molar-refractivity contribution in [2.75, 3.05) is 13.2 Å². The topological polar surface area (TPSA) is 64.4 Å². The minimum Gasteiger partial charge on any atom is -0.379 e. The van der Waals surface area contributed by atoms with E-state index in [2.05, 4.69) is 5.32 Å². The number of amides is 1. The summed E-state index contributed by atoms with van der Waals surface area (Å²) in [7, 11) is 0. The van der Waals surface area contributed by atoms with E-state index in [9.17, 15) is 4.79 Å². The van der Waals surface area contributed by atoms with Gasteiger partial charge in [0.15, 0.2) is 0 Å². The molecule has 0 radical (unpaired) electrons. The normalized spacial score (nSPS) is 28.8. The first-order chi connectivity index (χ1) is 6.75. The Morgan fingerprint density at radius 3 is 2.86 bits per heavy atom. The lowest BCUT2D eigenvalue weighted by molar-refractivity contribution is -0.122. The van der Waals surface area contributed by atoms with Crippen LogP contribution in [-0.2, 0) is 9.53 Å². The maximum atomic E-state index is 11.5. The second-order valence-corrected chi connectivity index (χ2v) is 4.33. The molecule has 14 heavy (non-hydrogen) atoms. The molecule has 0 spiro atoms. The third-order valence-corrected chi connectivity index (χ3v) is 2.94. The fourth-order valence-corrected chi connectivity index (χ4v) is 1.84. The number of nitrogens with one attached hydrogen (secondary N) is 1. The zero-order valence-corrected chi connectivity index (χ0v) is 8.37. The van der Waals surface area contributed by atoms with E-state index in [1.165, 1.54) is 12.8 Å². The highest BCUT2D eigenvalue weighted by Gasteiger charge is 2.30. The Bertz CT molecular complexity index is 204. The Morgan fingerprint density at radius 2 is 2.29 bits per heavy atom. The summed E-state index contributed by atoms with van der Waals surface area (Å²) >= 11 is 0. The van der Waals surface area contributed by atoms with Crippen molar-refractivity contribution in [3.63, 3.8) is 0 Å². The van der Waals surface area contributed by atoms with Crippen molar-refractivity contribution in [2.45, 2.75) is 37.8 Å². The standard InChI is InChI=1S/C10H18N2O2/c11-9(7-1-2-7)5-10(13)12-8-3-4-14-6-8/h7-9H,1-6,11H2,(H,12,13). The molecule has 0 aromatic rings. The van der Waals surface area contributed by atoms with Crippen molar-refractivity contribution in [1.82, 2.24) is 5.32 Å². The summed E-state index contributed by atoms with van der Waals surface area (Å²) < 4.78 is 5.18. The first-order valence-corrected chi connectivity index (χ1v) is 5.38. The summed E-state index contributed by atoms with van der Waals surface area (Å²) in [5.41, 5.74) is 5.86. The van der Waals surface area contributed by atoms with Crippen molar-refractivity contribution in [3.8, 4) is 0 Å². The Labute approximate surface area is 84.2 Å². The molecule has 1 saturated carbocycles. The zero-order valence-electron chi connectivity index (χ0n) is 8.37. The van der Waals surface area contributed by atoms with Crippen LogP contribution in [0, 0.1) is 5.92 Å². The van der Waals surface area contributed by atoms with E-state index < -0.39 is 0 Å². The van der Waals surface area contributed by atoms with Crippen molar-refractivity contribution in [3.05, 3.63) is 0 Å². The van der Waals surface area contributed by atoms with Crippen molar-refractivity contribution in [2.24, 2.45) is 11.7 Å². The van der Waals surface area contributed by atoms with E-state index in [1.54, 1.807) is 0 Å². The number of hydrogen-bond donors (Lipinski definition) is 2. The summed E-state index contributed by atoms with van der Waals surface area (Å²) in [6, 6.07) is 0.284. The molecule has 2 fully saturated rings. The maximum Gasteiger partial charge on any atom is 0.221 e. The lowest BCUT2D eigenvalue weighted by atomic mass is 10.1. The van der Waals surface area contributed by atoms with Crippen LogP contribution < -0.4 is 11.1 Å². The summed E-state index contributed by atoms with van der Waals surface area (Å²) in [6.45, 7) is 1.42. The fourth-order valence-electron chi connectivity index (χ4n) is 1.84. The number of carbonyl (C=O) groups excluding carboxylic acids is 1. The van der Waals surface area contributed by atoms with Gasteiger partial charge in [0.2, 0.25) is 5.91 Å². The predicted octanol–water partition coefficient (Wildman–Crippen LogP) is 0.0189. The molecule has 1 aliphatic carbocycles. The van der Waals surface area contributed by atoms with Gasteiger partial charge in [-0.25, -0.2) is 0 Å². The van der Waals surface area contributed by atoms with Gasteiger partial charge in [-0.3, -0.25) is 4.79 Å². The van der Waals surface area contributed by atoms with Gasteiger partial charge in [-0.15, -0.1) is 0 Å². The first kappa shape index (κ1) is 9.93. The smallest absolute Gasteiger partial charge is 0.221 e. The number of hydrogen-bond acceptors (Lipinski definition) is 3. The van der Waals surface area contributed by atoms with Gasteiger partial charge < -0.3 is 15.8 Å². The minimum atomic E-state index is 0.0670. The van der Waals surface area contributed by atoms with Crippen LogP contribution >= 0.6 is 0 Å². The molecule has 1 saturated heterocycles. The van der Waals surface area contributed by atoms with Crippen LogP contribution in [0.15, 0.2) is 0 Å². The van der Waals surface area contributed by atoms with Crippen LogP contribution in [0.4, 0.5) is 0 Å². The van der Waals surface area contributed by atoms with Gasteiger partial charge in [-0.2, -0.15) is 0 Å². The highest BCUT2D eigenvalue weighted by molar-refractivity contribution is 5.77. The molecule has 1 heterocycles. The third-order valence-electron chi connectivity index (χ3n) is 2.94. The lowest BCUT2D eigenvalue weighted by Crippen LogP contribution is -2.39. The van der Waals surface area contributed by atoms with Crippen molar-refractivity contribution >= 4 is 5.91 Å². The summed E-state index contributed by atoms with van der Waals surface area (Å²) in [5.74, 6) is 0.681. The van der Waals surface area contributed by atoms with Gasteiger partial charge in [-0.1, -0.05) is 0 Å². The summed E-state index contributed by atoms with van der Waals surface area (Å²) in [4.78, 5) is 11.5. The Morgan fingerprint density at radius 1 is 1.50 bits per heavy atom. The van der Waals surface area contributed by atoms with Crippen LogP contribution in [0.25, 0.3) is 0 Å². The quantitative estimate of drug-likeness (QED) is 0.669. The van der Waals surface area contributed by atoms with Crippen molar-refractivity contribution in [1.29, 1.82) is 0 Å². The molecule has 0 aromatic heterocycles. The van der Waals surface area contributed by atoms with Crippen LogP contribution in [0.1, 0.15) is 25.7 Å². The molecule has 2 rings (SSSR count). The Kier molecular flexibility index (Phi) is 3.03. The van der Waals surface area contributed by atoms with E-state index in [0.717, 1.165) is 13.0 Å². The molecule has 80 valence electrons. The molecular weight excluding hydrogens is 180 g/mol.